The van der Waals surface area contributed by atoms with E-state index in [0.29, 0.717) is 39.7 Å². The van der Waals surface area contributed by atoms with Gasteiger partial charge in [-0.05, 0) is 12.5 Å². The minimum atomic E-state index is -0.212. The summed E-state index contributed by atoms with van der Waals surface area (Å²) in [7, 11) is 0. The Kier molecular flexibility index (Phi) is 6.07. The fourth-order valence-corrected chi connectivity index (χ4v) is 4.57. The van der Waals surface area contributed by atoms with Gasteiger partial charge in [0.2, 0.25) is 11.8 Å². The number of rotatable bonds is 6. The lowest BCUT2D eigenvalue weighted by atomic mass is 9.91. The Morgan fingerprint density at radius 3 is 2.83 bits per heavy atom. The number of nitrogens with zero attached hydrogens (tertiary/aromatic N) is 6. The Morgan fingerprint density at radius 2 is 2.09 bits per heavy atom. The molecule has 1 fully saturated rings. The number of ether oxygens (including phenoxy) is 2. The first kappa shape index (κ1) is 23.1. The lowest BCUT2D eigenvalue weighted by Gasteiger charge is -2.22. The molecule has 1 aliphatic heterocycles. The molecule has 1 saturated heterocycles. The molecule has 0 radical (unpaired) electrons. The highest BCUT2D eigenvalue weighted by atomic mass is 32.1. The molecule has 2 N–H and O–H groups in total. The Hall–Kier alpha value is -3.64. The van der Waals surface area contributed by atoms with Crippen LogP contribution >= 0.6 is 11.3 Å². The molecule has 1 aliphatic rings. The summed E-state index contributed by atoms with van der Waals surface area (Å²) in [5, 5.41) is 11.4. The maximum atomic E-state index is 11.3. The molecule has 11 nitrogen and oxygen atoms in total. The zero-order valence-corrected chi connectivity index (χ0v) is 20.7. The Morgan fingerprint density at radius 1 is 1.23 bits per heavy atom. The topological polar surface area (TPSA) is 129 Å². The number of nitrogens with one attached hydrogen (secondary N) is 2. The summed E-state index contributed by atoms with van der Waals surface area (Å²) >= 11 is 1.36. The Labute approximate surface area is 205 Å². The standard InChI is InChI=1S/C23H26N8O3S/c1-13(32)26-17-9-15(5-7-24-17)34-19-11-25-20-21(28-19)35-22(29-20)27-18-10-16(23(2,3)4)31(30-18)14-6-8-33-12-14/h5,7,9-11,14H,6,8,12H2,1-4H3,(H,24,26,32)(H,25,27,29,30). The van der Waals surface area contributed by atoms with Crippen molar-refractivity contribution in [2.75, 3.05) is 23.8 Å². The third kappa shape index (κ3) is 5.23. The smallest absolute Gasteiger partial charge is 0.239 e. The molecule has 1 atom stereocenters. The van der Waals surface area contributed by atoms with E-state index in [1.165, 1.54) is 24.5 Å². The van der Waals surface area contributed by atoms with Crippen molar-refractivity contribution in [2.45, 2.75) is 45.6 Å². The number of carbonyl (C=O) groups excluding carboxylic acids is 1. The molecular formula is C23H26N8O3S. The van der Waals surface area contributed by atoms with Gasteiger partial charge in [-0.3, -0.25) is 9.48 Å². The van der Waals surface area contributed by atoms with Crippen molar-refractivity contribution in [3.05, 3.63) is 36.3 Å². The number of fused-ring (bicyclic) bond motifs is 1. The second-order valence-corrected chi connectivity index (χ2v) is 10.2. The van der Waals surface area contributed by atoms with Crippen molar-refractivity contribution in [2.24, 2.45) is 0 Å². The average Bonchev–Trinajstić information content (AvgIpc) is 3.52. The minimum Gasteiger partial charge on any atom is -0.437 e. The summed E-state index contributed by atoms with van der Waals surface area (Å²) in [6.45, 7) is 9.37. The van der Waals surface area contributed by atoms with Gasteiger partial charge in [-0.2, -0.15) is 15.1 Å². The van der Waals surface area contributed by atoms with Crippen molar-refractivity contribution in [1.82, 2.24) is 29.7 Å². The number of anilines is 3. The minimum absolute atomic E-state index is 0.0643. The Balaban J connectivity index is 1.36. The monoisotopic (exact) mass is 494 g/mol. The van der Waals surface area contributed by atoms with E-state index in [1.807, 2.05) is 0 Å². The van der Waals surface area contributed by atoms with Crippen LogP contribution in [0.4, 0.5) is 16.8 Å². The molecule has 35 heavy (non-hydrogen) atoms. The van der Waals surface area contributed by atoms with E-state index in [4.69, 9.17) is 14.6 Å². The van der Waals surface area contributed by atoms with Crippen LogP contribution < -0.4 is 15.4 Å². The molecule has 4 aromatic rings. The highest BCUT2D eigenvalue weighted by Gasteiger charge is 2.28. The molecule has 5 rings (SSSR count). The molecule has 0 bridgehead atoms. The molecule has 0 aromatic carbocycles. The van der Waals surface area contributed by atoms with E-state index in [9.17, 15) is 4.79 Å². The molecule has 5 heterocycles. The van der Waals surface area contributed by atoms with Crippen LogP contribution in [0.2, 0.25) is 0 Å². The van der Waals surface area contributed by atoms with E-state index >= 15 is 0 Å². The van der Waals surface area contributed by atoms with Gasteiger partial charge in [-0.25, -0.2) is 9.97 Å². The van der Waals surface area contributed by atoms with E-state index in [1.54, 1.807) is 18.3 Å². The van der Waals surface area contributed by atoms with Crippen molar-refractivity contribution in [3.63, 3.8) is 0 Å². The van der Waals surface area contributed by atoms with Gasteiger partial charge in [0, 0.05) is 43.0 Å². The van der Waals surface area contributed by atoms with Gasteiger partial charge < -0.3 is 20.1 Å². The van der Waals surface area contributed by atoms with Gasteiger partial charge in [0.1, 0.15) is 11.6 Å². The summed E-state index contributed by atoms with van der Waals surface area (Å²) in [5.41, 5.74) is 1.59. The first-order valence-corrected chi connectivity index (χ1v) is 12.1. The van der Waals surface area contributed by atoms with Crippen LogP contribution in [0.25, 0.3) is 10.5 Å². The summed E-state index contributed by atoms with van der Waals surface area (Å²) in [6, 6.07) is 5.59. The van der Waals surface area contributed by atoms with Crippen molar-refractivity contribution >= 4 is 44.5 Å². The van der Waals surface area contributed by atoms with Crippen LogP contribution in [-0.2, 0) is 14.9 Å². The maximum Gasteiger partial charge on any atom is 0.239 e. The summed E-state index contributed by atoms with van der Waals surface area (Å²) in [6.07, 6.45) is 4.01. The van der Waals surface area contributed by atoms with Crippen molar-refractivity contribution in [3.8, 4) is 11.6 Å². The molecule has 0 saturated carbocycles. The number of aromatic nitrogens is 6. The molecule has 1 amide bonds. The quantitative estimate of drug-likeness (QED) is 0.400. The largest absolute Gasteiger partial charge is 0.437 e. The highest BCUT2D eigenvalue weighted by Crippen LogP contribution is 2.33. The summed E-state index contributed by atoms with van der Waals surface area (Å²) in [4.78, 5) is 29.4. The predicted molar refractivity (Wildman–Crippen MR) is 133 cm³/mol. The molecule has 0 spiro atoms. The maximum absolute atomic E-state index is 11.3. The van der Waals surface area contributed by atoms with Gasteiger partial charge in [0.05, 0.1) is 18.8 Å². The lowest BCUT2D eigenvalue weighted by Crippen LogP contribution is -2.22. The van der Waals surface area contributed by atoms with Crippen LogP contribution in [-0.4, -0.2) is 48.8 Å². The zero-order valence-electron chi connectivity index (χ0n) is 19.9. The van der Waals surface area contributed by atoms with Crippen molar-refractivity contribution < 1.29 is 14.3 Å². The number of hydrogen-bond donors (Lipinski definition) is 2. The fraction of sp³-hybridized carbons (Fsp3) is 0.391. The number of thiazole rings is 1. The second kappa shape index (κ2) is 9.19. The van der Waals surface area contributed by atoms with Gasteiger partial charge in [0.15, 0.2) is 21.4 Å². The number of carbonyl (C=O) groups is 1. The second-order valence-electron chi connectivity index (χ2n) is 9.27. The van der Waals surface area contributed by atoms with E-state index in [2.05, 4.69) is 62.1 Å². The third-order valence-electron chi connectivity index (χ3n) is 5.35. The first-order valence-electron chi connectivity index (χ1n) is 11.2. The lowest BCUT2D eigenvalue weighted by molar-refractivity contribution is -0.114. The third-order valence-corrected chi connectivity index (χ3v) is 6.20. The Bertz CT molecular complexity index is 1370. The molecule has 182 valence electrons. The van der Waals surface area contributed by atoms with Gasteiger partial charge >= 0.3 is 0 Å². The highest BCUT2D eigenvalue weighted by molar-refractivity contribution is 7.21. The molecule has 1 unspecified atom stereocenters. The fourth-order valence-electron chi connectivity index (χ4n) is 3.77. The normalized spacial score (nSPS) is 15.9. The van der Waals surface area contributed by atoms with Crippen LogP contribution in [0, 0.1) is 0 Å². The van der Waals surface area contributed by atoms with E-state index in [-0.39, 0.29) is 17.4 Å². The first-order chi connectivity index (χ1) is 16.7. The van der Waals surface area contributed by atoms with Crippen LogP contribution in [0.5, 0.6) is 11.6 Å². The van der Waals surface area contributed by atoms with Crippen molar-refractivity contribution in [1.29, 1.82) is 0 Å². The van der Waals surface area contributed by atoms with Crippen LogP contribution in [0.1, 0.15) is 45.9 Å². The molecular weight excluding hydrogens is 468 g/mol. The van der Waals surface area contributed by atoms with E-state index < -0.39 is 0 Å². The molecule has 12 heteroatoms. The zero-order chi connectivity index (χ0) is 24.6. The number of hydrogen-bond acceptors (Lipinski definition) is 10. The van der Waals surface area contributed by atoms with Gasteiger partial charge in [-0.15, -0.1) is 0 Å². The van der Waals surface area contributed by atoms with E-state index in [0.717, 1.165) is 24.5 Å². The van der Waals surface area contributed by atoms with Crippen LogP contribution in [0.15, 0.2) is 30.6 Å². The number of pyridine rings is 1. The summed E-state index contributed by atoms with van der Waals surface area (Å²) in [5.74, 6) is 1.70. The number of amides is 1. The summed E-state index contributed by atoms with van der Waals surface area (Å²) < 4.78 is 13.5. The average molecular weight is 495 g/mol. The van der Waals surface area contributed by atoms with Gasteiger partial charge in [0.25, 0.3) is 0 Å². The predicted octanol–water partition coefficient (Wildman–Crippen LogP) is 4.43. The van der Waals surface area contributed by atoms with Crippen LogP contribution in [0.3, 0.4) is 0 Å². The molecule has 4 aromatic heterocycles. The van der Waals surface area contributed by atoms with Gasteiger partial charge in [-0.1, -0.05) is 32.1 Å². The SMILES string of the molecule is CC(=O)Nc1cc(Oc2cnc3nc(Nc4cc(C(C)(C)C)n(C5CCOC5)n4)sc3n2)ccn1. The molecule has 0 aliphatic carbocycles.